The molecule has 0 aromatic heterocycles. The Bertz CT molecular complexity index is 226. The molecule has 0 bridgehead atoms. The summed E-state index contributed by atoms with van der Waals surface area (Å²) in [7, 11) is 0. The van der Waals surface area contributed by atoms with Gasteiger partial charge in [-0.25, -0.2) is 4.79 Å². The highest BCUT2D eigenvalue weighted by Gasteiger charge is 2.15. The highest BCUT2D eigenvalue weighted by Crippen LogP contribution is 2.02. The van der Waals surface area contributed by atoms with Crippen molar-refractivity contribution in [2.75, 3.05) is 6.54 Å². The second-order valence-corrected chi connectivity index (χ2v) is 2.90. The van der Waals surface area contributed by atoms with E-state index in [1.807, 2.05) is 0 Å². The van der Waals surface area contributed by atoms with Gasteiger partial charge in [0.15, 0.2) is 0 Å². The largest absolute Gasteiger partial charge is 0.480 e. The van der Waals surface area contributed by atoms with E-state index < -0.39 is 12.0 Å². The molecule has 0 spiro atoms. The van der Waals surface area contributed by atoms with Crippen molar-refractivity contribution in [2.24, 2.45) is 16.5 Å². The third-order valence-corrected chi connectivity index (χ3v) is 1.64. The van der Waals surface area contributed by atoms with E-state index in [0.29, 0.717) is 31.6 Å². The van der Waals surface area contributed by atoms with E-state index in [-0.39, 0.29) is 0 Å². The SMILES string of the molecule is C=CCC(N)=N[C@H](CCCN)C(=O)O. The van der Waals surface area contributed by atoms with Crippen LogP contribution >= 0.6 is 0 Å². The monoisotopic (exact) mass is 199 g/mol. The maximum Gasteiger partial charge on any atom is 0.328 e. The van der Waals surface area contributed by atoms with E-state index in [1.54, 1.807) is 6.08 Å². The number of carboxylic acid groups (broad SMARTS) is 1. The maximum atomic E-state index is 10.7. The van der Waals surface area contributed by atoms with Crippen LogP contribution in [-0.4, -0.2) is 29.5 Å². The second kappa shape index (κ2) is 7.08. The van der Waals surface area contributed by atoms with E-state index in [9.17, 15) is 4.79 Å². The lowest BCUT2D eigenvalue weighted by Gasteiger charge is -2.07. The van der Waals surface area contributed by atoms with Gasteiger partial charge < -0.3 is 16.6 Å². The van der Waals surface area contributed by atoms with Gasteiger partial charge >= 0.3 is 5.97 Å². The number of amidine groups is 1. The fourth-order valence-electron chi connectivity index (χ4n) is 0.955. The van der Waals surface area contributed by atoms with E-state index >= 15 is 0 Å². The molecule has 5 N–H and O–H groups in total. The first-order chi connectivity index (χ1) is 6.61. The van der Waals surface area contributed by atoms with Gasteiger partial charge in [-0.15, -0.1) is 6.58 Å². The van der Waals surface area contributed by atoms with Gasteiger partial charge in [0, 0.05) is 6.42 Å². The molecule has 80 valence electrons. The number of carboxylic acids is 1. The summed E-state index contributed by atoms with van der Waals surface area (Å²) < 4.78 is 0. The van der Waals surface area contributed by atoms with E-state index in [4.69, 9.17) is 16.6 Å². The van der Waals surface area contributed by atoms with Crippen LogP contribution in [0.2, 0.25) is 0 Å². The molecule has 0 saturated heterocycles. The van der Waals surface area contributed by atoms with Crippen molar-refractivity contribution in [1.82, 2.24) is 0 Å². The third kappa shape index (κ3) is 5.31. The highest BCUT2D eigenvalue weighted by molar-refractivity contribution is 5.85. The van der Waals surface area contributed by atoms with Crippen LogP contribution in [0.15, 0.2) is 17.6 Å². The topological polar surface area (TPSA) is 102 Å². The predicted molar refractivity (Wildman–Crippen MR) is 56.1 cm³/mol. The lowest BCUT2D eigenvalue weighted by Crippen LogP contribution is -2.23. The Kier molecular flexibility index (Phi) is 6.39. The molecule has 0 aliphatic heterocycles. The fraction of sp³-hybridized carbons (Fsp3) is 0.556. The van der Waals surface area contributed by atoms with Gasteiger partial charge in [-0.2, -0.15) is 0 Å². The third-order valence-electron chi connectivity index (χ3n) is 1.64. The summed E-state index contributed by atoms with van der Waals surface area (Å²) in [6.45, 7) is 3.95. The molecule has 0 heterocycles. The number of nitrogens with zero attached hydrogens (tertiary/aromatic N) is 1. The van der Waals surface area contributed by atoms with Gasteiger partial charge in [-0.3, -0.25) is 4.99 Å². The summed E-state index contributed by atoms with van der Waals surface area (Å²) in [6, 6.07) is -0.779. The molecule has 0 radical (unpaired) electrons. The first kappa shape index (κ1) is 12.6. The molecule has 0 fully saturated rings. The number of hydrogen-bond donors (Lipinski definition) is 3. The maximum absolute atomic E-state index is 10.7. The summed E-state index contributed by atoms with van der Waals surface area (Å²) in [5, 5.41) is 8.79. The number of aliphatic carboxylic acids is 1. The predicted octanol–water partition coefficient (Wildman–Crippen LogP) is 0.112. The number of hydrogen-bond acceptors (Lipinski definition) is 3. The van der Waals surface area contributed by atoms with Crippen LogP contribution in [0.3, 0.4) is 0 Å². The normalized spacial score (nSPS) is 13.6. The van der Waals surface area contributed by atoms with E-state index in [1.165, 1.54) is 0 Å². The molecular formula is C9H17N3O2. The summed E-state index contributed by atoms with van der Waals surface area (Å²) in [6.07, 6.45) is 3.04. The average molecular weight is 199 g/mol. The van der Waals surface area contributed by atoms with E-state index in [2.05, 4.69) is 11.6 Å². The van der Waals surface area contributed by atoms with Crippen LogP contribution in [0.4, 0.5) is 0 Å². The standard InChI is InChI=1S/C9H17N3O2/c1-2-4-8(11)12-7(9(13)14)5-3-6-10/h2,7H,1,3-6,10H2,(H2,11,12)(H,13,14)/t7-/m1/s1. The van der Waals surface area contributed by atoms with Crippen molar-refractivity contribution in [1.29, 1.82) is 0 Å². The molecule has 0 aliphatic carbocycles. The minimum absolute atomic E-state index is 0.296. The highest BCUT2D eigenvalue weighted by atomic mass is 16.4. The molecule has 0 aromatic rings. The van der Waals surface area contributed by atoms with Crippen molar-refractivity contribution in [3.8, 4) is 0 Å². The molecule has 0 saturated carbocycles. The minimum atomic E-state index is -0.967. The zero-order valence-corrected chi connectivity index (χ0v) is 8.15. The van der Waals surface area contributed by atoms with Crippen molar-refractivity contribution >= 4 is 11.8 Å². The fourth-order valence-corrected chi connectivity index (χ4v) is 0.955. The summed E-state index contributed by atoms with van der Waals surface area (Å²) in [5.74, 6) is -0.671. The zero-order chi connectivity index (χ0) is 11.0. The van der Waals surface area contributed by atoms with Gasteiger partial charge in [0.2, 0.25) is 0 Å². The Labute approximate surface area is 83.5 Å². The number of carbonyl (C=O) groups is 1. The number of nitrogens with two attached hydrogens (primary N) is 2. The Morgan fingerprint density at radius 1 is 1.64 bits per heavy atom. The molecule has 14 heavy (non-hydrogen) atoms. The minimum Gasteiger partial charge on any atom is -0.480 e. The first-order valence-corrected chi connectivity index (χ1v) is 4.47. The molecule has 0 rings (SSSR count). The van der Waals surface area contributed by atoms with Crippen LogP contribution in [0.1, 0.15) is 19.3 Å². The second-order valence-electron chi connectivity index (χ2n) is 2.90. The molecular weight excluding hydrogens is 182 g/mol. The van der Waals surface area contributed by atoms with Gasteiger partial charge in [-0.1, -0.05) is 6.08 Å². The first-order valence-electron chi connectivity index (χ1n) is 4.47. The van der Waals surface area contributed by atoms with Gasteiger partial charge in [0.1, 0.15) is 6.04 Å². The van der Waals surface area contributed by atoms with Crippen LogP contribution in [0.5, 0.6) is 0 Å². The van der Waals surface area contributed by atoms with Crippen molar-refractivity contribution in [3.05, 3.63) is 12.7 Å². The van der Waals surface area contributed by atoms with E-state index in [0.717, 1.165) is 0 Å². The summed E-state index contributed by atoms with van der Waals surface area (Å²) in [5.41, 5.74) is 10.8. The summed E-state index contributed by atoms with van der Waals surface area (Å²) >= 11 is 0. The average Bonchev–Trinajstić information content (AvgIpc) is 2.12. The smallest absolute Gasteiger partial charge is 0.328 e. The number of aliphatic imine (C=N–C) groups is 1. The van der Waals surface area contributed by atoms with Crippen molar-refractivity contribution < 1.29 is 9.90 Å². The van der Waals surface area contributed by atoms with Gasteiger partial charge in [-0.05, 0) is 19.4 Å². The molecule has 0 aliphatic rings. The van der Waals surface area contributed by atoms with Crippen molar-refractivity contribution in [3.63, 3.8) is 0 Å². The Balaban J connectivity index is 4.26. The summed E-state index contributed by atoms with van der Waals surface area (Å²) in [4.78, 5) is 14.6. The van der Waals surface area contributed by atoms with Crippen molar-refractivity contribution in [2.45, 2.75) is 25.3 Å². The molecule has 1 atom stereocenters. The molecule has 0 aromatic carbocycles. The Hall–Kier alpha value is -1.36. The van der Waals surface area contributed by atoms with Crippen LogP contribution in [0, 0.1) is 0 Å². The lowest BCUT2D eigenvalue weighted by molar-refractivity contribution is -0.138. The molecule has 5 nitrogen and oxygen atoms in total. The Morgan fingerprint density at radius 2 is 2.29 bits per heavy atom. The van der Waals surface area contributed by atoms with Gasteiger partial charge in [0.05, 0.1) is 5.84 Å². The quantitative estimate of drug-likeness (QED) is 0.307. The molecule has 0 amide bonds. The van der Waals surface area contributed by atoms with Crippen LogP contribution in [0.25, 0.3) is 0 Å². The lowest BCUT2D eigenvalue weighted by atomic mass is 10.1. The molecule has 5 heteroatoms. The Morgan fingerprint density at radius 3 is 2.71 bits per heavy atom. The number of rotatable bonds is 7. The van der Waals surface area contributed by atoms with Crippen LogP contribution < -0.4 is 11.5 Å². The van der Waals surface area contributed by atoms with Crippen LogP contribution in [-0.2, 0) is 4.79 Å². The van der Waals surface area contributed by atoms with Gasteiger partial charge in [0.25, 0.3) is 0 Å². The zero-order valence-electron chi connectivity index (χ0n) is 8.15. The molecule has 0 unspecified atom stereocenters.